The van der Waals surface area contributed by atoms with E-state index in [1.54, 1.807) is 42.5 Å². The molecular weight excluding hydrogens is 422 g/mol. The second-order valence-corrected chi connectivity index (χ2v) is 7.51. The summed E-state index contributed by atoms with van der Waals surface area (Å²) in [7, 11) is 0. The van der Waals surface area contributed by atoms with E-state index in [0.29, 0.717) is 22.0 Å². The number of Topliss-reactive ketones (excluding diaryl/α,β-unsaturated/α-hetero) is 1. The van der Waals surface area contributed by atoms with Crippen LogP contribution in [0.4, 0.5) is 5.69 Å². The first-order valence-electron chi connectivity index (χ1n) is 8.03. The molecule has 1 heterocycles. The third-order valence-electron chi connectivity index (χ3n) is 4.20. The molecule has 2 aromatic rings. The molecule has 1 aliphatic heterocycles. The highest BCUT2D eigenvalue weighted by atomic mass is 79.9. The van der Waals surface area contributed by atoms with Gasteiger partial charge in [0.2, 0.25) is 0 Å². The standard InChI is InChI=1S/C19H17BrClNO4/c1-12(23)11-19(25)16-10-13(20)2-7-17(16)22(18(19)24)8-9-26-15-5-3-14(21)4-6-15/h2-7,10,25H,8-9,11H2,1H3. The van der Waals surface area contributed by atoms with E-state index in [2.05, 4.69) is 15.9 Å². The molecule has 5 nitrogen and oxygen atoms in total. The first kappa shape index (κ1) is 18.9. The van der Waals surface area contributed by atoms with Gasteiger partial charge in [-0.25, -0.2) is 0 Å². The highest BCUT2D eigenvalue weighted by Gasteiger charge is 2.50. The fraction of sp³-hybridized carbons (Fsp3) is 0.263. The smallest absolute Gasteiger partial charge is 0.264 e. The second kappa shape index (κ2) is 7.39. The first-order chi connectivity index (χ1) is 12.3. The third kappa shape index (κ3) is 3.63. The number of fused-ring (bicyclic) bond motifs is 1. The molecule has 1 atom stereocenters. The zero-order chi connectivity index (χ0) is 18.9. The number of rotatable bonds is 6. The van der Waals surface area contributed by atoms with Gasteiger partial charge in [0.05, 0.1) is 12.2 Å². The molecule has 1 aliphatic rings. The van der Waals surface area contributed by atoms with Gasteiger partial charge in [-0.3, -0.25) is 9.59 Å². The summed E-state index contributed by atoms with van der Waals surface area (Å²) in [6.45, 7) is 1.84. The van der Waals surface area contributed by atoms with Crippen LogP contribution in [0.2, 0.25) is 5.02 Å². The molecule has 1 unspecified atom stereocenters. The zero-order valence-electron chi connectivity index (χ0n) is 14.0. The van der Waals surface area contributed by atoms with Crippen molar-refractivity contribution >= 4 is 44.9 Å². The minimum atomic E-state index is -1.84. The van der Waals surface area contributed by atoms with Gasteiger partial charge < -0.3 is 14.7 Å². The molecule has 0 radical (unpaired) electrons. The van der Waals surface area contributed by atoms with E-state index in [9.17, 15) is 14.7 Å². The number of amides is 1. The van der Waals surface area contributed by atoms with Gasteiger partial charge in [-0.1, -0.05) is 27.5 Å². The average Bonchev–Trinajstić information content (AvgIpc) is 2.77. The lowest BCUT2D eigenvalue weighted by Crippen LogP contribution is -2.43. The lowest BCUT2D eigenvalue weighted by Gasteiger charge is -2.22. The zero-order valence-corrected chi connectivity index (χ0v) is 16.4. The molecule has 1 N–H and O–H groups in total. The topological polar surface area (TPSA) is 66.8 Å². The van der Waals surface area contributed by atoms with Crippen LogP contribution < -0.4 is 9.64 Å². The third-order valence-corrected chi connectivity index (χ3v) is 4.94. The Hall–Kier alpha value is -1.89. The minimum Gasteiger partial charge on any atom is -0.492 e. The van der Waals surface area contributed by atoms with E-state index in [1.165, 1.54) is 11.8 Å². The van der Waals surface area contributed by atoms with E-state index in [4.69, 9.17) is 16.3 Å². The molecule has 0 saturated carbocycles. The van der Waals surface area contributed by atoms with Gasteiger partial charge in [0.25, 0.3) is 5.91 Å². The van der Waals surface area contributed by atoms with Crippen molar-refractivity contribution in [3.8, 4) is 5.75 Å². The molecule has 0 fully saturated rings. The number of hydrogen-bond donors (Lipinski definition) is 1. The van der Waals surface area contributed by atoms with Gasteiger partial charge in [-0.15, -0.1) is 0 Å². The quantitative estimate of drug-likeness (QED) is 0.747. The minimum absolute atomic E-state index is 0.235. The van der Waals surface area contributed by atoms with Crippen molar-refractivity contribution in [2.75, 3.05) is 18.1 Å². The summed E-state index contributed by atoms with van der Waals surface area (Å²) in [5.41, 5.74) is -0.828. The number of aliphatic hydroxyl groups is 1. The largest absolute Gasteiger partial charge is 0.492 e. The van der Waals surface area contributed by atoms with Gasteiger partial charge in [-0.2, -0.15) is 0 Å². The first-order valence-corrected chi connectivity index (χ1v) is 9.20. The van der Waals surface area contributed by atoms with Crippen LogP contribution in [0.3, 0.4) is 0 Å². The summed E-state index contributed by atoms with van der Waals surface area (Å²) in [5.74, 6) is -0.136. The maximum absolute atomic E-state index is 12.9. The van der Waals surface area contributed by atoms with E-state index in [1.807, 2.05) is 0 Å². The van der Waals surface area contributed by atoms with Gasteiger partial charge >= 0.3 is 0 Å². The van der Waals surface area contributed by atoms with E-state index >= 15 is 0 Å². The van der Waals surface area contributed by atoms with Crippen molar-refractivity contribution < 1.29 is 19.4 Å². The number of halogens is 2. The molecule has 26 heavy (non-hydrogen) atoms. The fourth-order valence-corrected chi connectivity index (χ4v) is 3.55. The van der Waals surface area contributed by atoms with Crippen LogP contribution in [0.15, 0.2) is 46.9 Å². The summed E-state index contributed by atoms with van der Waals surface area (Å²) in [4.78, 5) is 25.9. The Morgan fingerprint density at radius 1 is 1.27 bits per heavy atom. The van der Waals surface area contributed by atoms with Crippen molar-refractivity contribution in [2.45, 2.75) is 18.9 Å². The number of carbonyl (C=O) groups excluding carboxylic acids is 2. The van der Waals surface area contributed by atoms with E-state index in [-0.39, 0.29) is 25.4 Å². The Balaban J connectivity index is 1.80. The Morgan fingerprint density at radius 2 is 1.96 bits per heavy atom. The van der Waals surface area contributed by atoms with Crippen LogP contribution in [-0.2, 0) is 15.2 Å². The summed E-state index contributed by atoms with van der Waals surface area (Å²) < 4.78 is 6.38. The highest BCUT2D eigenvalue weighted by molar-refractivity contribution is 9.10. The molecule has 0 aromatic heterocycles. The van der Waals surface area contributed by atoms with Gasteiger partial charge in [0, 0.05) is 21.5 Å². The van der Waals surface area contributed by atoms with Crippen molar-refractivity contribution in [2.24, 2.45) is 0 Å². The van der Waals surface area contributed by atoms with Crippen LogP contribution in [0.5, 0.6) is 5.75 Å². The molecule has 7 heteroatoms. The molecule has 0 bridgehead atoms. The van der Waals surface area contributed by atoms with Gasteiger partial charge in [-0.05, 0) is 49.4 Å². The highest BCUT2D eigenvalue weighted by Crippen LogP contribution is 2.43. The SMILES string of the molecule is CC(=O)CC1(O)C(=O)N(CCOc2ccc(Cl)cc2)c2ccc(Br)cc21. The van der Waals surface area contributed by atoms with Crippen LogP contribution in [0.25, 0.3) is 0 Å². The van der Waals surface area contributed by atoms with Gasteiger partial charge in [0.15, 0.2) is 5.60 Å². The summed E-state index contributed by atoms with van der Waals surface area (Å²) in [6, 6.07) is 12.1. The monoisotopic (exact) mass is 437 g/mol. The Morgan fingerprint density at radius 3 is 2.62 bits per heavy atom. The Bertz CT molecular complexity index is 855. The average molecular weight is 439 g/mol. The molecule has 3 rings (SSSR count). The molecule has 1 amide bonds. The summed E-state index contributed by atoms with van der Waals surface area (Å²) >= 11 is 9.19. The van der Waals surface area contributed by atoms with Crippen LogP contribution in [0.1, 0.15) is 18.9 Å². The fourth-order valence-electron chi connectivity index (χ4n) is 3.06. The number of anilines is 1. The lowest BCUT2D eigenvalue weighted by molar-refractivity contribution is -0.141. The van der Waals surface area contributed by atoms with Crippen molar-refractivity contribution in [3.05, 3.63) is 57.5 Å². The van der Waals surface area contributed by atoms with Crippen LogP contribution >= 0.6 is 27.5 Å². The second-order valence-electron chi connectivity index (χ2n) is 6.16. The number of carbonyl (C=O) groups is 2. The summed E-state index contributed by atoms with van der Waals surface area (Å²) in [5, 5.41) is 11.5. The van der Waals surface area contributed by atoms with E-state index < -0.39 is 11.5 Å². The number of benzene rings is 2. The Labute approximate surface area is 164 Å². The summed E-state index contributed by atoms with van der Waals surface area (Å²) in [6.07, 6.45) is -0.260. The van der Waals surface area contributed by atoms with Crippen LogP contribution in [0, 0.1) is 0 Å². The molecule has 2 aromatic carbocycles. The normalized spacial score (nSPS) is 18.8. The van der Waals surface area contributed by atoms with Crippen LogP contribution in [-0.4, -0.2) is 29.9 Å². The number of ether oxygens (including phenoxy) is 1. The van der Waals surface area contributed by atoms with E-state index in [0.717, 1.165) is 4.47 Å². The predicted octanol–water partition coefficient (Wildman–Crippen LogP) is 3.69. The Kier molecular flexibility index (Phi) is 5.37. The predicted molar refractivity (Wildman–Crippen MR) is 103 cm³/mol. The maximum atomic E-state index is 12.9. The molecule has 0 saturated heterocycles. The maximum Gasteiger partial charge on any atom is 0.264 e. The van der Waals surface area contributed by atoms with Crippen molar-refractivity contribution in [1.82, 2.24) is 0 Å². The molecule has 0 spiro atoms. The molecular formula is C19H17BrClNO4. The molecule has 0 aliphatic carbocycles. The molecule has 136 valence electrons. The van der Waals surface area contributed by atoms with Gasteiger partial charge in [0.1, 0.15) is 18.1 Å². The number of nitrogens with zero attached hydrogens (tertiary/aromatic N) is 1. The van der Waals surface area contributed by atoms with Crippen molar-refractivity contribution in [1.29, 1.82) is 0 Å². The van der Waals surface area contributed by atoms with Crippen molar-refractivity contribution in [3.63, 3.8) is 0 Å². The lowest BCUT2D eigenvalue weighted by atomic mass is 9.90. The number of ketones is 1. The number of hydrogen-bond acceptors (Lipinski definition) is 4.